The number of urea groups is 1. The van der Waals surface area contributed by atoms with Crippen LogP contribution in [0.5, 0.6) is 0 Å². The molecule has 29 heavy (non-hydrogen) atoms. The molecule has 1 aromatic carbocycles. The highest BCUT2D eigenvalue weighted by molar-refractivity contribution is 7.08. The van der Waals surface area contributed by atoms with Gasteiger partial charge in [-0.3, -0.25) is 14.5 Å². The van der Waals surface area contributed by atoms with Crippen LogP contribution in [0, 0.1) is 13.8 Å². The van der Waals surface area contributed by atoms with Gasteiger partial charge in [-0.1, -0.05) is 18.2 Å². The zero-order valence-electron chi connectivity index (χ0n) is 16.4. The highest BCUT2D eigenvalue weighted by Gasteiger charge is 2.49. The summed E-state index contributed by atoms with van der Waals surface area (Å²) in [6.45, 7) is 5.18. The van der Waals surface area contributed by atoms with Gasteiger partial charge < -0.3 is 9.88 Å². The van der Waals surface area contributed by atoms with Crippen molar-refractivity contribution >= 4 is 29.1 Å². The molecular weight excluding hydrogens is 386 g/mol. The number of para-hydroxylation sites is 1. The molecule has 1 N–H and O–H groups in total. The Morgan fingerprint density at radius 2 is 1.86 bits per heavy atom. The lowest BCUT2D eigenvalue weighted by atomic mass is 9.95. The molecule has 1 fully saturated rings. The third-order valence-electron chi connectivity index (χ3n) is 5.42. The molecule has 0 saturated carbocycles. The number of Topliss-reactive ketones (excluding diaryl/α,β-unsaturated/α-hetero) is 1. The van der Waals surface area contributed by atoms with Gasteiger partial charge >= 0.3 is 6.03 Å². The van der Waals surface area contributed by atoms with Crippen LogP contribution in [0.25, 0.3) is 5.69 Å². The number of hydrogen-bond acceptors (Lipinski definition) is 4. The Kier molecular flexibility index (Phi) is 4.62. The van der Waals surface area contributed by atoms with Gasteiger partial charge in [0, 0.05) is 22.6 Å². The van der Waals surface area contributed by atoms with Gasteiger partial charge in [0.2, 0.25) is 0 Å². The number of thiophene rings is 1. The molecule has 3 aromatic rings. The van der Waals surface area contributed by atoms with Crippen LogP contribution in [0.1, 0.15) is 34.2 Å². The van der Waals surface area contributed by atoms with Crippen molar-refractivity contribution in [2.75, 3.05) is 6.54 Å². The van der Waals surface area contributed by atoms with E-state index in [-0.39, 0.29) is 12.3 Å². The summed E-state index contributed by atoms with van der Waals surface area (Å²) in [7, 11) is 0. The molecule has 1 saturated heterocycles. The maximum Gasteiger partial charge on any atom is 0.325 e. The van der Waals surface area contributed by atoms with Gasteiger partial charge in [-0.25, -0.2) is 4.79 Å². The highest BCUT2D eigenvalue weighted by Crippen LogP contribution is 2.30. The van der Waals surface area contributed by atoms with Crippen LogP contribution in [-0.4, -0.2) is 33.7 Å². The molecule has 0 spiro atoms. The number of hydrogen-bond donors (Lipinski definition) is 1. The smallest absolute Gasteiger partial charge is 0.319 e. The number of benzene rings is 1. The van der Waals surface area contributed by atoms with E-state index in [1.54, 1.807) is 13.0 Å². The molecule has 4 rings (SSSR count). The summed E-state index contributed by atoms with van der Waals surface area (Å²) >= 11 is 1.45. The summed E-state index contributed by atoms with van der Waals surface area (Å²) in [4.78, 5) is 39.5. The van der Waals surface area contributed by atoms with Gasteiger partial charge in [-0.2, -0.15) is 11.3 Å². The molecular formula is C22H21N3O3S. The number of carbonyl (C=O) groups is 3. The second kappa shape index (κ2) is 7.00. The van der Waals surface area contributed by atoms with Crippen LogP contribution >= 0.6 is 11.3 Å². The maximum absolute atomic E-state index is 13.0. The average molecular weight is 407 g/mol. The van der Waals surface area contributed by atoms with Crippen LogP contribution in [0.4, 0.5) is 4.79 Å². The predicted octanol–water partition coefficient (Wildman–Crippen LogP) is 3.81. The van der Waals surface area contributed by atoms with Crippen LogP contribution in [-0.2, 0) is 10.3 Å². The Morgan fingerprint density at radius 1 is 1.14 bits per heavy atom. The van der Waals surface area contributed by atoms with Gasteiger partial charge in [0.05, 0.1) is 6.54 Å². The van der Waals surface area contributed by atoms with Crippen molar-refractivity contribution in [2.24, 2.45) is 0 Å². The molecule has 6 nitrogen and oxygen atoms in total. The average Bonchev–Trinajstić information content (AvgIpc) is 3.39. The number of nitrogens with zero attached hydrogens (tertiary/aromatic N) is 2. The summed E-state index contributed by atoms with van der Waals surface area (Å²) < 4.78 is 1.99. The van der Waals surface area contributed by atoms with Crippen molar-refractivity contribution in [1.29, 1.82) is 0 Å². The normalized spacial score (nSPS) is 18.9. The quantitative estimate of drug-likeness (QED) is 0.516. The number of rotatable bonds is 5. The van der Waals surface area contributed by atoms with Crippen molar-refractivity contribution in [1.82, 2.24) is 14.8 Å². The highest BCUT2D eigenvalue weighted by atomic mass is 32.1. The number of amides is 3. The minimum Gasteiger partial charge on any atom is -0.319 e. The fourth-order valence-electron chi connectivity index (χ4n) is 3.83. The topological polar surface area (TPSA) is 71.4 Å². The van der Waals surface area contributed by atoms with Gasteiger partial charge in [0.15, 0.2) is 5.78 Å². The molecule has 1 aliphatic heterocycles. The van der Waals surface area contributed by atoms with Crippen LogP contribution in [0.2, 0.25) is 0 Å². The van der Waals surface area contributed by atoms with E-state index in [2.05, 4.69) is 5.32 Å². The molecule has 2 aromatic heterocycles. The van der Waals surface area contributed by atoms with Crippen LogP contribution < -0.4 is 5.32 Å². The number of aromatic nitrogens is 1. The van der Waals surface area contributed by atoms with Crippen LogP contribution in [0.15, 0.2) is 53.2 Å². The zero-order chi connectivity index (χ0) is 20.8. The van der Waals surface area contributed by atoms with Gasteiger partial charge in [0.25, 0.3) is 5.91 Å². The third kappa shape index (κ3) is 3.07. The zero-order valence-corrected chi connectivity index (χ0v) is 17.2. The largest absolute Gasteiger partial charge is 0.325 e. The monoisotopic (exact) mass is 407 g/mol. The summed E-state index contributed by atoms with van der Waals surface area (Å²) in [6, 6.07) is 12.8. The standard InChI is InChI=1S/C22H21N3O3S/c1-14-11-18(15(2)25(14)17-7-5-4-6-8-17)19(26)12-24-20(27)22(3,23-21(24)28)16-9-10-29-13-16/h4-11,13H,12H2,1-3H3,(H,23,28). The first-order valence-corrected chi connectivity index (χ1v) is 10.2. The SMILES string of the molecule is Cc1cc(C(=O)CN2C(=O)NC(C)(c3ccsc3)C2=O)c(C)n1-c1ccccc1. The Hall–Kier alpha value is -3.19. The van der Waals surface area contributed by atoms with Gasteiger partial charge in [-0.05, 0) is 61.4 Å². The van der Waals surface area contributed by atoms with E-state index in [0.29, 0.717) is 5.56 Å². The number of imide groups is 1. The summed E-state index contributed by atoms with van der Waals surface area (Å²) in [5.74, 6) is -0.676. The second-order valence-electron chi connectivity index (χ2n) is 7.34. The first-order chi connectivity index (χ1) is 13.8. The van der Waals surface area contributed by atoms with E-state index < -0.39 is 17.5 Å². The van der Waals surface area contributed by atoms with E-state index >= 15 is 0 Å². The number of nitrogens with one attached hydrogen (secondary N) is 1. The molecule has 0 aliphatic carbocycles. The molecule has 7 heteroatoms. The van der Waals surface area contributed by atoms with E-state index in [4.69, 9.17) is 0 Å². The minimum absolute atomic E-state index is 0.265. The van der Waals surface area contributed by atoms with Crippen molar-refractivity contribution in [2.45, 2.75) is 26.3 Å². The predicted molar refractivity (Wildman–Crippen MR) is 111 cm³/mol. The van der Waals surface area contributed by atoms with Gasteiger partial charge in [0.1, 0.15) is 5.54 Å². The molecule has 3 heterocycles. The number of carbonyl (C=O) groups excluding carboxylic acids is 3. The molecule has 148 valence electrons. The molecule has 3 amide bonds. The fraction of sp³-hybridized carbons (Fsp3) is 0.227. The van der Waals surface area contributed by atoms with Crippen molar-refractivity contribution in [3.8, 4) is 5.69 Å². The second-order valence-corrected chi connectivity index (χ2v) is 8.12. The van der Waals surface area contributed by atoms with E-state index in [9.17, 15) is 14.4 Å². The third-order valence-corrected chi connectivity index (χ3v) is 6.10. The Bertz CT molecular complexity index is 1100. The maximum atomic E-state index is 13.0. The molecule has 1 unspecified atom stereocenters. The molecule has 1 atom stereocenters. The lowest BCUT2D eigenvalue weighted by Crippen LogP contribution is -2.41. The number of ketones is 1. The summed E-state index contributed by atoms with van der Waals surface area (Å²) in [5.41, 5.74) is 2.75. The van der Waals surface area contributed by atoms with E-state index in [0.717, 1.165) is 27.5 Å². The molecule has 1 aliphatic rings. The van der Waals surface area contributed by atoms with Crippen molar-refractivity contribution in [3.63, 3.8) is 0 Å². The van der Waals surface area contributed by atoms with Crippen molar-refractivity contribution < 1.29 is 14.4 Å². The fourth-order valence-corrected chi connectivity index (χ4v) is 4.60. The molecule has 0 radical (unpaired) electrons. The summed E-state index contributed by atoms with van der Waals surface area (Å²) in [5, 5.41) is 6.42. The lowest BCUT2D eigenvalue weighted by Gasteiger charge is -2.20. The Morgan fingerprint density at radius 3 is 2.52 bits per heavy atom. The Labute approximate surface area is 172 Å². The summed E-state index contributed by atoms with van der Waals surface area (Å²) in [6.07, 6.45) is 0. The van der Waals surface area contributed by atoms with Gasteiger partial charge in [-0.15, -0.1) is 0 Å². The van der Waals surface area contributed by atoms with E-state index in [1.165, 1.54) is 11.3 Å². The van der Waals surface area contributed by atoms with E-state index in [1.807, 2.05) is 65.6 Å². The first kappa shape index (κ1) is 19.1. The first-order valence-electron chi connectivity index (χ1n) is 9.27. The minimum atomic E-state index is -1.14. The number of aryl methyl sites for hydroxylation is 1. The lowest BCUT2D eigenvalue weighted by molar-refractivity contribution is -0.130. The Balaban J connectivity index is 1.61. The van der Waals surface area contributed by atoms with Crippen molar-refractivity contribution in [3.05, 3.63) is 75.7 Å². The molecule has 0 bridgehead atoms. The van der Waals surface area contributed by atoms with Crippen LogP contribution in [0.3, 0.4) is 0 Å².